The third kappa shape index (κ3) is 3.16. The number of carbonyl (C=O) groups excluding carboxylic acids is 1. The van der Waals surface area contributed by atoms with Crippen LogP contribution in [0.3, 0.4) is 0 Å². The maximum Gasteiger partial charge on any atom is 0.290 e. The molecule has 3 heterocycles. The van der Waals surface area contributed by atoms with Crippen molar-refractivity contribution in [3.63, 3.8) is 0 Å². The number of benzene rings is 1. The number of hydrogen-bond acceptors (Lipinski definition) is 4. The second-order valence-corrected chi connectivity index (χ2v) is 7.51. The van der Waals surface area contributed by atoms with E-state index in [1.54, 1.807) is 6.20 Å². The number of aromatic nitrogens is 1. The number of piperazine rings is 1. The summed E-state index contributed by atoms with van der Waals surface area (Å²) in [7, 11) is 0. The summed E-state index contributed by atoms with van der Waals surface area (Å²) in [6.07, 6.45) is 1.65. The van der Waals surface area contributed by atoms with Gasteiger partial charge in [0.15, 0.2) is 5.76 Å². The normalized spacial score (nSPS) is 14.8. The molecule has 27 heavy (non-hydrogen) atoms. The highest BCUT2D eigenvalue weighted by atomic mass is 35.5. The Bertz CT molecular complexity index is 1000. The summed E-state index contributed by atoms with van der Waals surface area (Å²) in [5.74, 6) is 1.31. The van der Waals surface area contributed by atoms with Crippen molar-refractivity contribution in [2.45, 2.75) is 20.8 Å². The van der Waals surface area contributed by atoms with Crippen molar-refractivity contribution in [1.29, 1.82) is 0 Å². The van der Waals surface area contributed by atoms with Crippen molar-refractivity contribution in [3.05, 3.63) is 57.9 Å². The van der Waals surface area contributed by atoms with Crippen LogP contribution in [0.4, 0.5) is 5.82 Å². The molecule has 3 aromatic rings. The monoisotopic (exact) mass is 383 g/mol. The molecular formula is C21H22ClN3O2. The van der Waals surface area contributed by atoms with Crippen LogP contribution in [0, 0.1) is 20.8 Å². The minimum absolute atomic E-state index is 0.0359. The van der Waals surface area contributed by atoms with E-state index >= 15 is 0 Å². The summed E-state index contributed by atoms with van der Waals surface area (Å²) in [6.45, 7) is 8.78. The first-order chi connectivity index (χ1) is 13.0. The van der Waals surface area contributed by atoms with Crippen LogP contribution >= 0.6 is 11.6 Å². The van der Waals surface area contributed by atoms with E-state index in [-0.39, 0.29) is 5.91 Å². The van der Waals surface area contributed by atoms with Crippen LogP contribution in [-0.2, 0) is 0 Å². The number of halogens is 1. The van der Waals surface area contributed by atoms with Crippen molar-refractivity contribution >= 4 is 34.3 Å². The molecule has 4 rings (SSSR count). The Morgan fingerprint density at radius 1 is 1.04 bits per heavy atom. The van der Waals surface area contributed by atoms with Crippen LogP contribution in [-0.4, -0.2) is 42.0 Å². The van der Waals surface area contributed by atoms with Gasteiger partial charge in [-0.3, -0.25) is 4.79 Å². The van der Waals surface area contributed by atoms with Crippen molar-refractivity contribution in [3.8, 4) is 0 Å². The van der Waals surface area contributed by atoms with E-state index in [2.05, 4.69) is 22.9 Å². The molecule has 5 nitrogen and oxygen atoms in total. The summed E-state index contributed by atoms with van der Waals surface area (Å²) in [6, 6.07) is 7.86. The third-order valence-corrected chi connectivity index (χ3v) is 5.50. The Kier molecular flexibility index (Phi) is 4.56. The third-order valence-electron chi connectivity index (χ3n) is 5.28. The molecule has 0 N–H and O–H groups in total. The number of fused-ring (bicyclic) bond motifs is 1. The number of amides is 1. The van der Waals surface area contributed by atoms with E-state index in [1.807, 2.05) is 36.9 Å². The molecule has 0 radical (unpaired) electrons. The molecule has 1 saturated heterocycles. The Morgan fingerprint density at radius 3 is 2.37 bits per heavy atom. The molecular weight excluding hydrogens is 362 g/mol. The van der Waals surface area contributed by atoms with E-state index in [0.717, 1.165) is 46.6 Å². The van der Waals surface area contributed by atoms with E-state index in [9.17, 15) is 4.79 Å². The molecule has 1 aliphatic rings. The minimum Gasteiger partial charge on any atom is -0.450 e. The van der Waals surface area contributed by atoms with Crippen LogP contribution in [0.2, 0.25) is 5.02 Å². The largest absolute Gasteiger partial charge is 0.450 e. The van der Waals surface area contributed by atoms with E-state index < -0.39 is 0 Å². The molecule has 0 aliphatic carbocycles. The first kappa shape index (κ1) is 17.9. The number of hydrogen-bond donors (Lipinski definition) is 0. The Hall–Kier alpha value is -2.53. The standard InChI is InChI=1S/C21H22ClN3O2/c1-13-4-5-14(2)19-18(13)15(3)20(27-19)21(26)25-10-8-24(9-11-25)17-7-6-16(22)12-23-17/h4-7,12H,8-11H2,1-3H3. The fourth-order valence-electron chi connectivity index (χ4n) is 3.72. The average molecular weight is 384 g/mol. The Balaban J connectivity index is 1.54. The van der Waals surface area contributed by atoms with Crippen LogP contribution in [0.1, 0.15) is 27.2 Å². The lowest BCUT2D eigenvalue weighted by Crippen LogP contribution is -2.49. The zero-order chi connectivity index (χ0) is 19.1. The molecule has 0 spiro atoms. The fourth-order valence-corrected chi connectivity index (χ4v) is 3.83. The molecule has 140 valence electrons. The van der Waals surface area contributed by atoms with E-state index in [1.165, 1.54) is 0 Å². The van der Waals surface area contributed by atoms with Gasteiger partial charge in [-0.15, -0.1) is 0 Å². The van der Waals surface area contributed by atoms with Gasteiger partial charge < -0.3 is 14.2 Å². The van der Waals surface area contributed by atoms with Crippen LogP contribution in [0.25, 0.3) is 11.0 Å². The van der Waals surface area contributed by atoms with Gasteiger partial charge in [-0.25, -0.2) is 4.98 Å². The Labute approximate surface area is 163 Å². The van der Waals surface area contributed by atoms with Crippen LogP contribution in [0.15, 0.2) is 34.9 Å². The quantitative estimate of drug-likeness (QED) is 0.659. The van der Waals surface area contributed by atoms with E-state index in [0.29, 0.717) is 23.9 Å². The van der Waals surface area contributed by atoms with Gasteiger partial charge in [0.25, 0.3) is 5.91 Å². The molecule has 0 unspecified atom stereocenters. The Morgan fingerprint density at radius 2 is 1.74 bits per heavy atom. The summed E-state index contributed by atoms with van der Waals surface area (Å²) >= 11 is 5.91. The predicted octanol–water partition coefficient (Wildman–Crippen LogP) is 4.37. The summed E-state index contributed by atoms with van der Waals surface area (Å²) in [4.78, 5) is 21.5. The average Bonchev–Trinajstić information content (AvgIpc) is 3.04. The molecule has 1 amide bonds. The maximum absolute atomic E-state index is 13.1. The first-order valence-electron chi connectivity index (χ1n) is 9.11. The number of pyridine rings is 1. The van der Waals surface area contributed by atoms with Crippen molar-refractivity contribution in [1.82, 2.24) is 9.88 Å². The summed E-state index contributed by atoms with van der Waals surface area (Å²) in [5.41, 5.74) is 3.93. The highest BCUT2D eigenvalue weighted by Gasteiger charge is 2.27. The van der Waals surface area contributed by atoms with Crippen molar-refractivity contribution in [2.24, 2.45) is 0 Å². The molecule has 0 bridgehead atoms. The van der Waals surface area contributed by atoms with Gasteiger partial charge in [0.1, 0.15) is 11.4 Å². The highest BCUT2D eigenvalue weighted by molar-refractivity contribution is 6.30. The summed E-state index contributed by atoms with van der Waals surface area (Å²) < 4.78 is 6.02. The highest BCUT2D eigenvalue weighted by Crippen LogP contribution is 2.31. The number of rotatable bonds is 2. The molecule has 1 aliphatic heterocycles. The number of furan rings is 1. The zero-order valence-electron chi connectivity index (χ0n) is 15.8. The topological polar surface area (TPSA) is 49.6 Å². The molecule has 0 atom stereocenters. The second-order valence-electron chi connectivity index (χ2n) is 7.07. The van der Waals surface area contributed by atoms with Crippen molar-refractivity contribution in [2.75, 3.05) is 31.1 Å². The fraction of sp³-hybridized carbons (Fsp3) is 0.333. The molecule has 0 saturated carbocycles. The summed E-state index contributed by atoms with van der Waals surface area (Å²) in [5, 5.41) is 1.68. The van der Waals surface area contributed by atoms with Gasteiger partial charge in [0.05, 0.1) is 5.02 Å². The van der Waals surface area contributed by atoms with Gasteiger partial charge in [-0.1, -0.05) is 23.7 Å². The first-order valence-corrected chi connectivity index (χ1v) is 9.48. The van der Waals surface area contributed by atoms with Crippen molar-refractivity contribution < 1.29 is 9.21 Å². The number of nitrogens with zero attached hydrogens (tertiary/aromatic N) is 3. The minimum atomic E-state index is -0.0359. The van der Waals surface area contributed by atoms with Gasteiger partial charge in [0.2, 0.25) is 0 Å². The van der Waals surface area contributed by atoms with Crippen LogP contribution < -0.4 is 4.90 Å². The number of carbonyl (C=O) groups is 1. The van der Waals surface area contributed by atoms with Crippen LogP contribution in [0.5, 0.6) is 0 Å². The zero-order valence-corrected chi connectivity index (χ0v) is 16.5. The van der Waals surface area contributed by atoms with Gasteiger partial charge in [0, 0.05) is 43.3 Å². The smallest absolute Gasteiger partial charge is 0.290 e. The number of aryl methyl sites for hydroxylation is 3. The molecule has 6 heteroatoms. The maximum atomic E-state index is 13.1. The molecule has 1 fully saturated rings. The second kappa shape index (κ2) is 6.89. The van der Waals surface area contributed by atoms with Gasteiger partial charge in [-0.05, 0) is 44.0 Å². The number of anilines is 1. The SMILES string of the molecule is Cc1ccc(C)c2c(C)c(C(=O)N3CCN(c4ccc(Cl)cn4)CC3)oc12. The lowest BCUT2D eigenvalue weighted by atomic mass is 10.0. The molecule has 2 aromatic heterocycles. The van der Waals surface area contributed by atoms with Gasteiger partial charge in [-0.2, -0.15) is 0 Å². The lowest BCUT2D eigenvalue weighted by molar-refractivity contribution is 0.0716. The lowest BCUT2D eigenvalue weighted by Gasteiger charge is -2.35. The van der Waals surface area contributed by atoms with E-state index in [4.69, 9.17) is 16.0 Å². The predicted molar refractivity (Wildman–Crippen MR) is 108 cm³/mol. The molecule has 1 aromatic carbocycles. The van der Waals surface area contributed by atoms with Gasteiger partial charge >= 0.3 is 0 Å².